The zero-order chi connectivity index (χ0) is 14.3. The van der Waals surface area contributed by atoms with Gasteiger partial charge < -0.3 is 5.73 Å². The van der Waals surface area contributed by atoms with Crippen molar-refractivity contribution in [1.29, 1.82) is 0 Å². The topological polar surface area (TPSA) is 43.1 Å². The summed E-state index contributed by atoms with van der Waals surface area (Å²) in [5, 5.41) is -1.15. The van der Waals surface area contributed by atoms with Crippen LogP contribution in [0.5, 0.6) is 0 Å². The van der Waals surface area contributed by atoms with Crippen molar-refractivity contribution in [2.45, 2.75) is 12.4 Å². The summed E-state index contributed by atoms with van der Waals surface area (Å²) in [5.74, 6) is -1.62. The normalized spacial score (nSPS) is 12.6. The van der Waals surface area contributed by atoms with Gasteiger partial charge in [0.15, 0.2) is 0 Å². The zero-order valence-electron chi connectivity index (χ0n) is 8.29. The summed E-state index contributed by atoms with van der Waals surface area (Å²) in [6.45, 7) is 0. The molecule has 0 radical (unpaired) electrons. The summed E-state index contributed by atoms with van der Waals surface area (Å²) in [4.78, 5) is 10.8. The van der Waals surface area contributed by atoms with E-state index in [1.165, 1.54) is 0 Å². The molecule has 1 amide bonds. The van der Waals surface area contributed by atoms with E-state index in [0.29, 0.717) is 0 Å². The number of nitrogens with two attached hydrogens (primary N) is 1. The Hall–Kier alpha value is -1.44. The van der Waals surface area contributed by atoms with Crippen LogP contribution >= 0.6 is 11.6 Å². The third-order valence-electron chi connectivity index (χ3n) is 1.98. The van der Waals surface area contributed by atoms with Crippen LogP contribution in [-0.2, 0) is 12.4 Å². The van der Waals surface area contributed by atoms with Crippen LogP contribution in [0.1, 0.15) is 21.5 Å². The second kappa shape index (κ2) is 4.34. The van der Waals surface area contributed by atoms with E-state index in [-0.39, 0.29) is 12.1 Å². The van der Waals surface area contributed by atoms with Gasteiger partial charge in [-0.15, -0.1) is 0 Å². The van der Waals surface area contributed by atoms with Crippen molar-refractivity contribution in [3.8, 4) is 0 Å². The summed E-state index contributed by atoms with van der Waals surface area (Å²) >= 11 is 5.12. The van der Waals surface area contributed by atoms with Gasteiger partial charge in [-0.3, -0.25) is 4.79 Å². The lowest BCUT2D eigenvalue weighted by Crippen LogP contribution is -2.20. The second-order valence-electron chi connectivity index (χ2n) is 3.24. The summed E-state index contributed by atoms with van der Waals surface area (Å²) in [6.07, 6.45) is -10.0. The van der Waals surface area contributed by atoms with Gasteiger partial charge in [-0.05, 0) is 12.1 Å². The molecule has 0 aromatic heterocycles. The van der Waals surface area contributed by atoms with Crippen LogP contribution in [0, 0.1) is 0 Å². The average molecular weight is 292 g/mol. The van der Waals surface area contributed by atoms with Crippen molar-refractivity contribution >= 4 is 17.5 Å². The van der Waals surface area contributed by atoms with E-state index in [1.54, 1.807) is 0 Å². The Kier molecular flexibility index (Phi) is 3.53. The highest BCUT2D eigenvalue weighted by atomic mass is 35.5. The van der Waals surface area contributed by atoms with Crippen LogP contribution in [0.2, 0.25) is 5.02 Å². The second-order valence-corrected chi connectivity index (χ2v) is 3.64. The number of benzene rings is 1. The SMILES string of the molecule is NC(=O)c1cc(C(F)(F)F)c(Cl)cc1C(F)(F)F. The molecular formula is C9H4ClF6NO. The van der Waals surface area contributed by atoms with Crippen LogP contribution in [0.4, 0.5) is 26.3 Å². The van der Waals surface area contributed by atoms with Crippen molar-refractivity contribution in [3.05, 3.63) is 33.8 Å². The first-order chi connectivity index (χ1) is 7.94. The Morgan fingerprint density at radius 1 is 1.00 bits per heavy atom. The number of primary amides is 1. The van der Waals surface area contributed by atoms with E-state index in [4.69, 9.17) is 11.6 Å². The molecule has 0 aliphatic carbocycles. The van der Waals surface area contributed by atoms with Crippen LogP contribution in [0.15, 0.2) is 12.1 Å². The number of rotatable bonds is 1. The third kappa shape index (κ3) is 2.87. The molecular weight excluding hydrogens is 288 g/mol. The van der Waals surface area contributed by atoms with Crippen molar-refractivity contribution in [2.75, 3.05) is 0 Å². The highest BCUT2D eigenvalue weighted by Gasteiger charge is 2.40. The monoisotopic (exact) mass is 291 g/mol. The van der Waals surface area contributed by atoms with E-state index < -0.39 is 40.0 Å². The van der Waals surface area contributed by atoms with Crippen molar-refractivity contribution in [1.82, 2.24) is 0 Å². The first-order valence-corrected chi connectivity index (χ1v) is 4.60. The number of carbonyl (C=O) groups is 1. The maximum Gasteiger partial charge on any atom is 0.417 e. The molecule has 0 atom stereocenters. The Labute approximate surface area is 101 Å². The Morgan fingerprint density at radius 2 is 1.44 bits per heavy atom. The molecule has 1 rings (SSSR count). The molecule has 0 aliphatic heterocycles. The minimum absolute atomic E-state index is 0.00646. The van der Waals surface area contributed by atoms with Gasteiger partial charge in [0.25, 0.3) is 0 Å². The number of carbonyl (C=O) groups excluding carboxylic acids is 1. The Bertz CT molecular complexity index is 493. The van der Waals surface area contributed by atoms with Gasteiger partial charge in [0.2, 0.25) is 5.91 Å². The summed E-state index contributed by atoms with van der Waals surface area (Å²) in [6, 6.07) is 0.0258. The minimum Gasteiger partial charge on any atom is -0.366 e. The molecule has 0 aliphatic rings. The molecule has 0 spiro atoms. The molecule has 0 saturated carbocycles. The Morgan fingerprint density at radius 3 is 1.78 bits per heavy atom. The molecule has 100 valence electrons. The molecule has 0 saturated heterocycles. The third-order valence-corrected chi connectivity index (χ3v) is 2.30. The maximum absolute atomic E-state index is 12.5. The van der Waals surface area contributed by atoms with Crippen molar-refractivity contribution in [2.24, 2.45) is 5.73 Å². The van der Waals surface area contributed by atoms with Crippen LogP contribution in [-0.4, -0.2) is 5.91 Å². The number of hydrogen-bond acceptors (Lipinski definition) is 1. The van der Waals surface area contributed by atoms with Gasteiger partial charge in [-0.2, -0.15) is 26.3 Å². The quantitative estimate of drug-likeness (QED) is 0.791. The van der Waals surface area contributed by atoms with E-state index in [9.17, 15) is 31.1 Å². The number of alkyl halides is 6. The standard InChI is InChI=1S/C9H4ClF6NO/c10-6-2-4(8(11,12)13)3(7(17)18)1-5(6)9(14,15)16/h1-2H,(H2,17,18). The van der Waals surface area contributed by atoms with E-state index in [0.717, 1.165) is 0 Å². The summed E-state index contributed by atoms with van der Waals surface area (Å²) < 4.78 is 74.6. The molecule has 0 bridgehead atoms. The van der Waals surface area contributed by atoms with Gasteiger partial charge in [-0.1, -0.05) is 11.6 Å². The molecule has 18 heavy (non-hydrogen) atoms. The maximum atomic E-state index is 12.5. The number of amides is 1. The number of halogens is 7. The van der Waals surface area contributed by atoms with Crippen LogP contribution in [0.25, 0.3) is 0 Å². The lowest BCUT2D eigenvalue weighted by atomic mass is 10.0. The van der Waals surface area contributed by atoms with Gasteiger partial charge in [0.1, 0.15) is 0 Å². The predicted molar refractivity (Wildman–Crippen MR) is 50.0 cm³/mol. The molecule has 2 N–H and O–H groups in total. The van der Waals surface area contributed by atoms with Crippen molar-refractivity contribution in [3.63, 3.8) is 0 Å². The molecule has 0 heterocycles. The predicted octanol–water partition coefficient (Wildman–Crippen LogP) is 3.48. The van der Waals surface area contributed by atoms with Crippen molar-refractivity contribution < 1.29 is 31.1 Å². The van der Waals surface area contributed by atoms with Crippen LogP contribution < -0.4 is 5.73 Å². The summed E-state index contributed by atoms with van der Waals surface area (Å²) in [7, 11) is 0. The molecule has 0 fully saturated rings. The molecule has 1 aromatic carbocycles. The Balaban J connectivity index is 3.60. The molecule has 0 unspecified atom stereocenters. The fourth-order valence-corrected chi connectivity index (χ4v) is 1.50. The van der Waals surface area contributed by atoms with E-state index in [2.05, 4.69) is 5.73 Å². The van der Waals surface area contributed by atoms with Gasteiger partial charge >= 0.3 is 12.4 Å². The van der Waals surface area contributed by atoms with E-state index >= 15 is 0 Å². The van der Waals surface area contributed by atoms with Gasteiger partial charge in [0, 0.05) is 0 Å². The first-order valence-electron chi connectivity index (χ1n) is 4.22. The lowest BCUT2D eigenvalue weighted by Gasteiger charge is -2.15. The highest BCUT2D eigenvalue weighted by Crippen LogP contribution is 2.40. The minimum atomic E-state index is -5.03. The summed E-state index contributed by atoms with van der Waals surface area (Å²) in [5.41, 5.74) is 0.192. The van der Waals surface area contributed by atoms with Crippen LogP contribution in [0.3, 0.4) is 0 Å². The van der Waals surface area contributed by atoms with Gasteiger partial charge in [0.05, 0.1) is 21.7 Å². The number of hydrogen-bond donors (Lipinski definition) is 1. The smallest absolute Gasteiger partial charge is 0.366 e. The van der Waals surface area contributed by atoms with E-state index in [1.807, 2.05) is 0 Å². The molecule has 2 nitrogen and oxygen atoms in total. The zero-order valence-corrected chi connectivity index (χ0v) is 9.04. The fraction of sp³-hybridized carbons (Fsp3) is 0.222. The highest BCUT2D eigenvalue weighted by molar-refractivity contribution is 6.31. The lowest BCUT2D eigenvalue weighted by molar-refractivity contribution is -0.141. The largest absolute Gasteiger partial charge is 0.417 e. The molecule has 1 aromatic rings. The first kappa shape index (κ1) is 14.6. The molecule has 9 heteroatoms. The fourth-order valence-electron chi connectivity index (χ4n) is 1.23. The van der Waals surface area contributed by atoms with Gasteiger partial charge in [-0.25, -0.2) is 0 Å². The average Bonchev–Trinajstić information content (AvgIpc) is 2.13.